The van der Waals surface area contributed by atoms with Gasteiger partial charge in [-0.2, -0.15) is 10.1 Å². The highest BCUT2D eigenvalue weighted by molar-refractivity contribution is 7.16. The van der Waals surface area contributed by atoms with E-state index >= 15 is 0 Å². The van der Waals surface area contributed by atoms with E-state index in [2.05, 4.69) is 37.0 Å². The van der Waals surface area contributed by atoms with Gasteiger partial charge in [-0.25, -0.2) is 9.78 Å². The summed E-state index contributed by atoms with van der Waals surface area (Å²) in [5, 5.41) is 17.4. The molecular weight excluding hydrogens is 673 g/mol. The minimum atomic E-state index is -1.07. The molecule has 1 aliphatic heterocycles. The monoisotopic (exact) mass is 716 g/mol. The average Bonchev–Trinajstić information content (AvgIpc) is 3.80. The molecule has 15 heteroatoms. The number of amides is 1. The number of aryl methyl sites for hydroxylation is 3. The first-order chi connectivity index (χ1) is 24.7. The van der Waals surface area contributed by atoms with Crippen LogP contribution < -0.4 is 19.6 Å². The van der Waals surface area contributed by atoms with Crippen LogP contribution >= 0.6 is 11.3 Å². The van der Waals surface area contributed by atoms with Crippen molar-refractivity contribution >= 4 is 50.4 Å². The topological polar surface area (TPSA) is 150 Å². The number of nitrogens with zero attached hydrogens (tertiary/aromatic N) is 7. The van der Waals surface area contributed by atoms with E-state index in [0.717, 1.165) is 67.3 Å². The summed E-state index contributed by atoms with van der Waals surface area (Å²) in [6.07, 6.45) is 4.92. The molecule has 2 N–H and O–H groups in total. The fraction of sp³-hybridized carbons (Fsp3) is 0.417. The molecule has 5 aromatic rings. The average molecular weight is 717 g/mol. The van der Waals surface area contributed by atoms with Crippen LogP contribution in [-0.2, 0) is 24.4 Å². The van der Waals surface area contributed by atoms with Crippen molar-refractivity contribution in [2.45, 2.75) is 46.8 Å². The van der Waals surface area contributed by atoms with Gasteiger partial charge in [0.1, 0.15) is 28.2 Å². The normalized spacial score (nSPS) is 14.3. The Bertz CT molecular complexity index is 2150. The summed E-state index contributed by atoms with van der Waals surface area (Å²) in [6, 6.07) is 8.89. The number of carboxylic acids is 1. The smallest absolute Gasteiger partial charge is 0.335 e. The number of rotatable bonds is 14. The van der Waals surface area contributed by atoms with Crippen molar-refractivity contribution in [3.8, 4) is 11.5 Å². The van der Waals surface area contributed by atoms with Crippen LogP contribution in [0.4, 0.5) is 5.95 Å². The van der Waals surface area contributed by atoms with Gasteiger partial charge in [-0.05, 0) is 63.1 Å². The van der Waals surface area contributed by atoms with Gasteiger partial charge in [0.05, 0.1) is 48.4 Å². The Morgan fingerprint density at radius 3 is 2.53 bits per heavy atom. The zero-order valence-electron chi connectivity index (χ0n) is 29.6. The van der Waals surface area contributed by atoms with Gasteiger partial charge in [-0.15, -0.1) is 0 Å². The molecule has 51 heavy (non-hydrogen) atoms. The number of carbonyl (C=O) groups is 2. The first kappa shape index (κ1) is 35.8. The van der Waals surface area contributed by atoms with Crippen LogP contribution in [0.15, 0.2) is 47.5 Å². The van der Waals surface area contributed by atoms with Crippen molar-refractivity contribution in [3.05, 3.63) is 69.8 Å². The lowest BCUT2D eigenvalue weighted by atomic mass is 10.2. The number of fused-ring (bicyclic) bond motifs is 2. The largest absolute Gasteiger partial charge is 0.494 e. The highest BCUT2D eigenvalue weighted by atomic mass is 32.1. The van der Waals surface area contributed by atoms with Crippen LogP contribution in [0.25, 0.3) is 21.3 Å². The number of allylic oxidation sites excluding steroid dienone is 2. The molecule has 3 aromatic heterocycles. The Kier molecular flexibility index (Phi) is 11.2. The Morgan fingerprint density at radius 1 is 1.06 bits per heavy atom. The highest BCUT2D eigenvalue weighted by Gasteiger charge is 2.19. The molecule has 2 aromatic carbocycles. The summed E-state index contributed by atoms with van der Waals surface area (Å²) in [5.74, 6) is 0.361. The summed E-state index contributed by atoms with van der Waals surface area (Å²) < 4.78 is 23.7. The van der Waals surface area contributed by atoms with Crippen molar-refractivity contribution in [2.75, 3.05) is 58.9 Å². The zero-order valence-corrected chi connectivity index (χ0v) is 30.5. The van der Waals surface area contributed by atoms with Gasteiger partial charge in [0.15, 0.2) is 4.80 Å². The number of benzene rings is 2. The Labute approximate surface area is 299 Å². The fourth-order valence-corrected chi connectivity index (χ4v) is 7.40. The van der Waals surface area contributed by atoms with Crippen LogP contribution in [-0.4, -0.2) is 99.4 Å². The molecule has 0 bridgehead atoms. The second kappa shape index (κ2) is 15.9. The molecule has 0 unspecified atom stereocenters. The van der Waals surface area contributed by atoms with Gasteiger partial charge in [0, 0.05) is 46.3 Å². The summed E-state index contributed by atoms with van der Waals surface area (Å²) in [4.78, 5) is 37.5. The van der Waals surface area contributed by atoms with Crippen molar-refractivity contribution in [2.24, 2.45) is 4.99 Å². The Hall–Kier alpha value is -4.99. The third kappa shape index (κ3) is 7.85. The van der Waals surface area contributed by atoms with E-state index in [-0.39, 0.29) is 5.56 Å². The minimum absolute atomic E-state index is 0.0850. The van der Waals surface area contributed by atoms with Gasteiger partial charge >= 0.3 is 5.97 Å². The molecule has 0 saturated carbocycles. The molecule has 0 spiro atoms. The van der Waals surface area contributed by atoms with Crippen molar-refractivity contribution in [1.29, 1.82) is 0 Å². The maximum absolute atomic E-state index is 13.5. The quantitative estimate of drug-likeness (QED) is 0.122. The summed E-state index contributed by atoms with van der Waals surface area (Å²) in [7, 11) is 3.34. The van der Waals surface area contributed by atoms with E-state index < -0.39 is 11.9 Å². The lowest BCUT2D eigenvalue weighted by Gasteiger charge is -2.26. The maximum atomic E-state index is 13.5. The lowest BCUT2D eigenvalue weighted by Crippen LogP contribution is -2.37. The molecule has 0 atom stereocenters. The summed E-state index contributed by atoms with van der Waals surface area (Å²) in [5.41, 5.74) is 4.65. The standard InChI is InChI=1S/C36H44N8O6S/c1-6-44-27(20-24(3)40-44)33(45)39-36-43(32-28(48-5)21-25(34(46)47)22-30(32)51-36)12-8-7-11-42-31-26(38-35(42)37-4)18-23(2)19-29(31)50-15-9-10-41-13-16-49-17-14-41/h7-8,18-22H,6,9-17H2,1-5H3,(H,37,38)(H,46,47)/b8-7+,39-36?. The molecule has 6 rings (SSSR count). The number of aromatic carboxylic acids is 1. The van der Waals surface area contributed by atoms with E-state index in [1.165, 1.54) is 24.5 Å². The van der Waals surface area contributed by atoms with Gasteiger partial charge in [-0.3, -0.25) is 14.4 Å². The number of hydrogen-bond donors (Lipinski definition) is 2. The SMILES string of the molecule is CCn1nc(C)cc1C(=O)N=c1sc2cc(C(=O)O)cc(OC)c2n1C/C=C/Cn1c(NC)nc2cc(C)cc(OCCCN3CCOCC3)c21. The van der Waals surface area contributed by atoms with E-state index in [1.807, 2.05) is 44.5 Å². The third-order valence-electron chi connectivity index (χ3n) is 8.72. The highest BCUT2D eigenvalue weighted by Crippen LogP contribution is 2.32. The molecule has 0 aliphatic carbocycles. The maximum Gasteiger partial charge on any atom is 0.335 e. The number of morpholine rings is 1. The van der Waals surface area contributed by atoms with E-state index in [1.54, 1.807) is 16.8 Å². The number of carboxylic acid groups (broad SMARTS) is 1. The van der Waals surface area contributed by atoms with Crippen molar-refractivity contribution in [3.63, 3.8) is 0 Å². The van der Waals surface area contributed by atoms with Crippen LogP contribution in [0.5, 0.6) is 11.5 Å². The van der Waals surface area contributed by atoms with E-state index in [9.17, 15) is 14.7 Å². The number of methoxy groups -OCH3 is 1. The van der Waals surface area contributed by atoms with Crippen LogP contribution in [0, 0.1) is 13.8 Å². The Morgan fingerprint density at radius 2 is 1.82 bits per heavy atom. The lowest BCUT2D eigenvalue weighted by molar-refractivity contribution is 0.0358. The van der Waals surface area contributed by atoms with Crippen LogP contribution in [0.1, 0.15) is 45.4 Å². The molecule has 1 fully saturated rings. The fourth-order valence-electron chi connectivity index (χ4n) is 6.31. The van der Waals surface area contributed by atoms with Gasteiger partial charge in [-0.1, -0.05) is 23.5 Å². The van der Waals surface area contributed by atoms with Gasteiger partial charge in [0.2, 0.25) is 5.95 Å². The minimum Gasteiger partial charge on any atom is -0.494 e. The first-order valence-electron chi connectivity index (χ1n) is 17.0. The molecular formula is C36H44N8O6S. The second-order valence-electron chi connectivity index (χ2n) is 12.3. The number of thiazole rings is 1. The first-order valence-corrected chi connectivity index (χ1v) is 17.9. The van der Waals surface area contributed by atoms with Gasteiger partial charge < -0.3 is 33.8 Å². The number of carbonyl (C=O) groups excluding carboxylic acids is 1. The number of nitrogens with one attached hydrogen (secondary N) is 1. The predicted octanol–water partition coefficient (Wildman–Crippen LogP) is 4.73. The van der Waals surface area contributed by atoms with E-state index in [4.69, 9.17) is 19.2 Å². The summed E-state index contributed by atoms with van der Waals surface area (Å²) >= 11 is 1.23. The number of hydrogen-bond acceptors (Lipinski definition) is 10. The van der Waals surface area contributed by atoms with Crippen molar-refractivity contribution in [1.82, 2.24) is 28.8 Å². The zero-order chi connectivity index (χ0) is 36.1. The third-order valence-corrected chi connectivity index (χ3v) is 9.75. The molecule has 4 heterocycles. The number of ether oxygens (including phenoxy) is 3. The number of aromatic nitrogens is 5. The number of imidazole rings is 1. The molecule has 0 radical (unpaired) electrons. The van der Waals surface area contributed by atoms with Crippen LogP contribution in [0.3, 0.4) is 0 Å². The molecule has 1 amide bonds. The molecule has 1 saturated heterocycles. The molecule has 1 aliphatic rings. The molecule has 270 valence electrons. The number of anilines is 1. The second-order valence-corrected chi connectivity index (χ2v) is 13.3. The van der Waals surface area contributed by atoms with Crippen LogP contribution in [0.2, 0.25) is 0 Å². The van der Waals surface area contributed by atoms with Crippen molar-refractivity contribution < 1.29 is 28.9 Å². The van der Waals surface area contributed by atoms with E-state index in [0.29, 0.717) is 58.7 Å². The van der Waals surface area contributed by atoms with Gasteiger partial charge in [0.25, 0.3) is 5.91 Å². The predicted molar refractivity (Wildman–Crippen MR) is 196 cm³/mol. The Balaban J connectivity index is 1.30. The summed E-state index contributed by atoms with van der Waals surface area (Å²) in [6.45, 7) is 12.1. The molecule has 14 nitrogen and oxygen atoms in total.